The summed E-state index contributed by atoms with van der Waals surface area (Å²) < 4.78 is 18.6. The number of rotatable bonds is 8. The minimum atomic E-state index is -2.07. The first-order chi connectivity index (χ1) is 23.2. The first-order valence-electron chi connectivity index (χ1n) is 15.8. The molecule has 5 N–H and O–H groups in total. The molecule has 13 heteroatoms. The van der Waals surface area contributed by atoms with Crippen molar-refractivity contribution in [1.29, 1.82) is 0 Å². The second kappa shape index (κ2) is 13.3. The summed E-state index contributed by atoms with van der Waals surface area (Å²) in [4.78, 5) is 53.3. The van der Waals surface area contributed by atoms with Crippen LogP contribution in [0.3, 0.4) is 0 Å². The third-order valence-corrected chi connectivity index (χ3v) is 11.5. The Morgan fingerprint density at radius 2 is 1.78 bits per heavy atom. The predicted molar refractivity (Wildman–Crippen MR) is 176 cm³/mol. The number of hydrogen-bond acceptors (Lipinski definition) is 11. The van der Waals surface area contributed by atoms with Gasteiger partial charge in [0.15, 0.2) is 5.78 Å². The normalized spacial score (nSPS) is 26.0. The number of fused-ring (bicyclic) bond motifs is 3. The standard InChI is InChI=1S/C36H37NO11Se/c1-16-7-5-8-19(11-16)49-15-25(39)37-22-12-26(47-17(2)31(22)40)48-24-14-36(45,18(3)38)13-21-28(24)35(44)30-29(33(21)42)32(41)20-9-6-10-23(46-4)27(20)34(30)43/h5-11,17,22,24,26,31,40,42,44-45H,12-15H2,1-4H3,(H,37,39)/t17-,22-,24-,26-,31-,36-/m0/s1. The van der Waals surface area contributed by atoms with Gasteiger partial charge in [0.05, 0.1) is 12.7 Å². The van der Waals surface area contributed by atoms with E-state index < -0.39 is 82.6 Å². The third kappa shape index (κ3) is 6.27. The van der Waals surface area contributed by atoms with Gasteiger partial charge in [0.25, 0.3) is 0 Å². The molecule has 258 valence electrons. The van der Waals surface area contributed by atoms with Crippen LogP contribution in [0.25, 0.3) is 0 Å². The van der Waals surface area contributed by atoms with Crippen LogP contribution in [-0.2, 0) is 25.5 Å². The van der Waals surface area contributed by atoms with Gasteiger partial charge in [0.2, 0.25) is 0 Å². The van der Waals surface area contributed by atoms with Crippen molar-refractivity contribution in [2.45, 2.75) is 81.6 Å². The van der Waals surface area contributed by atoms with Crippen molar-refractivity contribution in [1.82, 2.24) is 5.32 Å². The topological polar surface area (TPSA) is 189 Å². The molecule has 2 aliphatic carbocycles. The molecular formula is C36H37NO11Se. The van der Waals surface area contributed by atoms with Gasteiger partial charge in [0, 0.05) is 5.56 Å². The zero-order chi connectivity index (χ0) is 35.4. The summed E-state index contributed by atoms with van der Waals surface area (Å²) in [5, 5.41) is 48.8. The number of hydrogen-bond donors (Lipinski definition) is 5. The zero-order valence-electron chi connectivity index (χ0n) is 27.3. The number of carbonyl (C=O) groups excluding carboxylic acids is 4. The van der Waals surface area contributed by atoms with Gasteiger partial charge in [-0.1, -0.05) is 12.1 Å². The Bertz CT molecular complexity index is 1880. The van der Waals surface area contributed by atoms with Crippen LogP contribution in [0, 0.1) is 6.92 Å². The first kappa shape index (κ1) is 34.8. The van der Waals surface area contributed by atoms with Gasteiger partial charge in [-0.25, -0.2) is 0 Å². The Kier molecular flexibility index (Phi) is 9.44. The van der Waals surface area contributed by atoms with Gasteiger partial charge < -0.3 is 4.74 Å². The van der Waals surface area contributed by atoms with Crippen molar-refractivity contribution in [3.63, 3.8) is 0 Å². The molecule has 1 saturated heterocycles. The second-order valence-corrected chi connectivity index (χ2v) is 15.0. The van der Waals surface area contributed by atoms with E-state index in [1.807, 2.05) is 31.2 Å². The van der Waals surface area contributed by atoms with Crippen LogP contribution in [0.5, 0.6) is 17.2 Å². The number of ether oxygens (including phenoxy) is 3. The number of nitrogens with one attached hydrogen (secondary N) is 1. The molecule has 1 aliphatic heterocycles. The average molecular weight is 739 g/mol. The number of aliphatic hydroxyl groups is 2. The van der Waals surface area contributed by atoms with Gasteiger partial charge in [-0.15, -0.1) is 0 Å². The zero-order valence-corrected chi connectivity index (χ0v) is 29.0. The predicted octanol–water partition coefficient (Wildman–Crippen LogP) is 1.94. The number of ketones is 3. The molecule has 0 unspecified atom stereocenters. The molecule has 0 saturated carbocycles. The molecule has 6 atom stereocenters. The number of aryl methyl sites for hydroxylation is 1. The van der Waals surface area contributed by atoms with Crippen LogP contribution in [0.15, 0.2) is 42.5 Å². The van der Waals surface area contributed by atoms with Crippen LogP contribution in [0.2, 0.25) is 5.32 Å². The summed E-state index contributed by atoms with van der Waals surface area (Å²) in [5.41, 5.74) is -2.18. The van der Waals surface area contributed by atoms with E-state index in [0.717, 1.165) is 10.0 Å². The summed E-state index contributed by atoms with van der Waals surface area (Å²) >= 11 is -0.140. The number of Topliss-reactive ketones (excluding diaryl/α,β-unsaturated/α-hetero) is 1. The molecule has 3 aromatic rings. The average Bonchev–Trinajstić information content (AvgIpc) is 3.06. The van der Waals surface area contributed by atoms with Gasteiger partial charge >= 0.3 is 227 Å². The number of amides is 1. The van der Waals surface area contributed by atoms with Crippen molar-refractivity contribution in [2.75, 3.05) is 7.11 Å². The van der Waals surface area contributed by atoms with E-state index in [1.54, 1.807) is 6.92 Å². The number of methoxy groups -OCH3 is 1. The first-order valence-corrected chi connectivity index (χ1v) is 17.9. The fourth-order valence-electron chi connectivity index (χ4n) is 6.87. The van der Waals surface area contributed by atoms with Gasteiger partial charge in [-0.2, -0.15) is 0 Å². The molecule has 0 bridgehead atoms. The van der Waals surface area contributed by atoms with E-state index >= 15 is 0 Å². The van der Waals surface area contributed by atoms with Crippen molar-refractivity contribution in [2.24, 2.45) is 0 Å². The Labute approximate surface area is 288 Å². The maximum absolute atomic E-state index is 13.9. The summed E-state index contributed by atoms with van der Waals surface area (Å²) in [6, 6.07) is 11.5. The monoisotopic (exact) mass is 739 g/mol. The summed E-state index contributed by atoms with van der Waals surface area (Å²) in [6.45, 7) is 4.75. The number of aromatic hydroxyl groups is 2. The molecule has 49 heavy (non-hydrogen) atoms. The number of phenolic OH excluding ortho intramolecular Hbond substituents is 2. The molecular weight excluding hydrogens is 701 g/mol. The van der Waals surface area contributed by atoms with Crippen LogP contribution in [-0.4, -0.2) is 95.9 Å². The van der Waals surface area contributed by atoms with Crippen molar-refractivity contribution < 1.29 is 53.8 Å². The molecule has 0 radical (unpaired) electrons. The van der Waals surface area contributed by atoms with Crippen molar-refractivity contribution in [3.8, 4) is 17.2 Å². The van der Waals surface area contributed by atoms with Crippen LogP contribution in [0.4, 0.5) is 0 Å². The van der Waals surface area contributed by atoms with Crippen molar-refractivity contribution >= 4 is 42.7 Å². The summed E-state index contributed by atoms with van der Waals surface area (Å²) in [7, 11) is 1.34. The SMILES string of the molecule is COc1cccc2c1C(=O)c1c(O)c3c(c(O)c1C2=O)C[C@@](O)(C(C)=O)C[C@@H]3O[C@H]1C[C@H](NC(=O)C[Se]c2cccc(C)c2)[C@@H](O)[C@H](C)O1. The van der Waals surface area contributed by atoms with Gasteiger partial charge in [-0.3, -0.25) is 9.59 Å². The Balaban J connectivity index is 1.32. The fraction of sp³-hybridized carbons (Fsp3) is 0.389. The summed E-state index contributed by atoms with van der Waals surface area (Å²) in [5.74, 6) is -3.60. The van der Waals surface area contributed by atoms with E-state index in [1.165, 1.54) is 32.2 Å². The van der Waals surface area contributed by atoms with E-state index in [-0.39, 0.29) is 67.0 Å². The van der Waals surface area contributed by atoms with E-state index in [9.17, 15) is 39.6 Å². The number of phenols is 2. The Morgan fingerprint density at radius 1 is 1.06 bits per heavy atom. The van der Waals surface area contributed by atoms with E-state index in [2.05, 4.69) is 5.32 Å². The Hall–Kier alpha value is -4.10. The molecule has 1 amide bonds. The fourth-order valence-corrected chi connectivity index (χ4v) is 8.60. The van der Waals surface area contributed by atoms with E-state index in [4.69, 9.17) is 14.2 Å². The van der Waals surface area contributed by atoms with Crippen LogP contribution in [0.1, 0.15) is 81.3 Å². The van der Waals surface area contributed by atoms with Crippen LogP contribution >= 0.6 is 0 Å². The number of carbonyl (C=O) groups is 4. The molecule has 0 spiro atoms. The molecule has 3 aliphatic rings. The second-order valence-electron chi connectivity index (χ2n) is 12.8. The van der Waals surface area contributed by atoms with Crippen molar-refractivity contribution in [3.05, 3.63) is 81.4 Å². The molecule has 3 aromatic carbocycles. The third-order valence-electron chi connectivity index (χ3n) is 9.46. The van der Waals surface area contributed by atoms with Gasteiger partial charge in [0.1, 0.15) is 5.75 Å². The Morgan fingerprint density at radius 3 is 2.47 bits per heavy atom. The minimum absolute atomic E-state index is 0.0291. The maximum atomic E-state index is 13.9. The van der Waals surface area contributed by atoms with E-state index in [0.29, 0.717) is 0 Å². The summed E-state index contributed by atoms with van der Waals surface area (Å²) in [6.07, 6.45) is -5.19. The molecule has 12 nitrogen and oxygen atoms in total. The number of aliphatic hydroxyl groups excluding tert-OH is 1. The van der Waals surface area contributed by atoms with Gasteiger partial charge in [-0.05, 0) is 6.07 Å². The number of benzene rings is 3. The quantitative estimate of drug-likeness (QED) is 0.131. The molecule has 1 fully saturated rings. The van der Waals surface area contributed by atoms with Crippen LogP contribution < -0.4 is 14.5 Å². The molecule has 1 heterocycles. The molecule has 6 rings (SSSR count). The molecule has 0 aromatic heterocycles.